The highest BCUT2D eigenvalue weighted by Gasteiger charge is 2.16. The van der Waals surface area contributed by atoms with Crippen LogP contribution in [-0.2, 0) is 4.79 Å². The molecular weight excluding hydrogens is 220 g/mol. The third-order valence-electron chi connectivity index (χ3n) is 2.36. The van der Waals surface area contributed by atoms with Crippen LogP contribution in [0.3, 0.4) is 0 Å². The van der Waals surface area contributed by atoms with Crippen molar-refractivity contribution in [1.82, 2.24) is 5.32 Å². The van der Waals surface area contributed by atoms with Crippen LogP contribution in [-0.4, -0.2) is 24.9 Å². The molecule has 1 unspecified atom stereocenters. The lowest BCUT2D eigenvalue weighted by Crippen LogP contribution is -2.36. The first-order valence-electron chi connectivity index (χ1n) is 5.13. The van der Waals surface area contributed by atoms with Gasteiger partial charge in [0.1, 0.15) is 6.04 Å². The number of carbonyl (C=O) groups is 2. The minimum Gasteiger partial charge on any atom is -0.397 e. The number of likely N-dealkylation sites (N-methyl/N-ethyl adjacent to an activating group) is 1. The predicted molar refractivity (Wildman–Crippen MR) is 66.5 cm³/mol. The maximum Gasteiger partial charge on any atom is 0.250 e. The van der Waals surface area contributed by atoms with E-state index in [9.17, 15) is 9.59 Å². The summed E-state index contributed by atoms with van der Waals surface area (Å²) in [5.41, 5.74) is 12.0. The van der Waals surface area contributed by atoms with Crippen LogP contribution in [0.1, 0.15) is 17.3 Å². The van der Waals surface area contributed by atoms with Crippen molar-refractivity contribution >= 4 is 23.2 Å². The zero-order valence-corrected chi connectivity index (χ0v) is 9.78. The molecule has 2 amide bonds. The van der Waals surface area contributed by atoms with Gasteiger partial charge in [-0.05, 0) is 19.1 Å². The molecule has 92 valence electrons. The fourth-order valence-electron chi connectivity index (χ4n) is 1.44. The third kappa shape index (κ3) is 2.87. The molecule has 1 aromatic carbocycles. The lowest BCUT2D eigenvalue weighted by atomic mass is 10.1. The van der Waals surface area contributed by atoms with Crippen LogP contribution in [0, 0.1) is 0 Å². The second-order valence-corrected chi connectivity index (χ2v) is 3.61. The van der Waals surface area contributed by atoms with Crippen molar-refractivity contribution in [3.63, 3.8) is 0 Å². The van der Waals surface area contributed by atoms with Gasteiger partial charge >= 0.3 is 0 Å². The van der Waals surface area contributed by atoms with Crippen molar-refractivity contribution in [2.75, 3.05) is 18.1 Å². The number of hydrogen-bond acceptors (Lipinski definition) is 4. The maximum absolute atomic E-state index is 11.4. The van der Waals surface area contributed by atoms with Crippen molar-refractivity contribution < 1.29 is 9.59 Å². The van der Waals surface area contributed by atoms with E-state index in [0.717, 1.165) is 0 Å². The number of carbonyl (C=O) groups excluding carboxylic acids is 2. The highest BCUT2D eigenvalue weighted by molar-refractivity contribution is 6.02. The SMILES string of the molecule is CNC(=O)C(C)Nc1c(N)cccc1C(N)=O. The number of nitrogens with one attached hydrogen (secondary N) is 2. The van der Waals surface area contributed by atoms with Crippen LogP contribution in [0.25, 0.3) is 0 Å². The smallest absolute Gasteiger partial charge is 0.250 e. The molecule has 0 saturated carbocycles. The second-order valence-electron chi connectivity index (χ2n) is 3.61. The zero-order valence-electron chi connectivity index (χ0n) is 9.78. The molecule has 0 aliphatic heterocycles. The molecule has 1 rings (SSSR count). The van der Waals surface area contributed by atoms with E-state index in [-0.39, 0.29) is 11.5 Å². The Kier molecular flexibility index (Phi) is 3.92. The van der Waals surface area contributed by atoms with Crippen LogP contribution in [0.5, 0.6) is 0 Å². The Labute approximate surface area is 99.4 Å². The minimum atomic E-state index is -0.594. The number of hydrogen-bond donors (Lipinski definition) is 4. The molecule has 1 aromatic rings. The molecule has 0 aliphatic carbocycles. The van der Waals surface area contributed by atoms with E-state index in [1.54, 1.807) is 25.1 Å². The Bertz CT molecular complexity index is 445. The Morgan fingerprint density at radius 1 is 1.35 bits per heavy atom. The monoisotopic (exact) mass is 236 g/mol. The molecule has 6 heteroatoms. The zero-order chi connectivity index (χ0) is 13.0. The Morgan fingerprint density at radius 3 is 2.53 bits per heavy atom. The maximum atomic E-state index is 11.4. The summed E-state index contributed by atoms with van der Waals surface area (Å²) in [5.74, 6) is -0.799. The molecule has 0 spiro atoms. The summed E-state index contributed by atoms with van der Waals surface area (Å²) in [5, 5.41) is 5.37. The van der Waals surface area contributed by atoms with Gasteiger partial charge in [-0.2, -0.15) is 0 Å². The van der Waals surface area contributed by atoms with Crippen molar-refractivity contribution in [3.05, 3.63) is 23.8 Å². The van der Waals surface area contributed by atoms with Gasteiger partial charge in [0.25, 0.3) is 5.91 Å². The lowest BCUT2D eigenvalue weighted by Gasteiger charge is -2.17. The molecule has 0 fully saturated rings. The molecule has 0 radical (unpaired) electrons. The van der Waals surface area contributed by atoms with Gasteiger partial charge in [0.2, 0.25) is 5.91 Å². The van der Waals surface area contributed by atoms with E-state index < -0.39 is 11.9 Å². The van der Waals surface area contributed by atoms with Gasteiger partial charge in [0, 0.05) is 7.05 Å². The Morgan fingerprint density at radius 2 is 2.00 bits per heavy atom. The molecular formula is C11H16N4O2. The van der Waals surface area contributed by atoms with Gasteiger partial charge in [0.15, 0.2) is 0 Å². The summed E-state index contributed by atoms with van der Waals surface area (Å²) in [6, 6.07) is 4.30. The average molecular weight is 236 g/mol. The summed E-state index contributed by atoms with van der Waals surface area (Å²) < 4.78 is 0. The van der Waals surface area contributed by atoms with Crippen LogP contribution in [0.2, 0.25) is 0 Å². The van der Waals surface area contributed by atoms with Gasteiger partial charge < -0.3 is 22.1 Å². The first-order chi connectivity index (χ1) is 7.97. The third-order valence-corrected chi connectivity index (χ3v) is 2.36. The molecule has 0 bridgehead atoms. The van der Waals surface area contributed by atoms with Gasteiger partial charge in [-0.25, -0.2) is 0 Å². The normalized spacial score (nSPS) is 11.6. The Hall–Kier alpha value is -2.24. The summed E-state index contributed by atoms with van der Waals surface area (Å²) in [6.07, 6.45) is 0. The predicted octanol–water partition coefficient (Wildman–Crippen LogP) is -0.0859. The molecule has 0 aromatic heterocycles. The van der Waals surface area contributed by atoms with Crippen LogP contribution >= 0.6 is 0 Å². The summed E-state index contributed by atoms with van der Waals surface area (Å²) >= 11 is 0. The first-order valence-corrected chi connectivity index (χ1v) is 5.13. The number of rotatable bonds is 4. The van der Waals surface area contributed by atoms with Crippen LogP contribution in [0.4, 0.5) is 11.4 Å². The van der Waals surface area contributed by atoms with E-state index in [0.29, 0.717) is 11.4 Å². The summed E-state index contributed by atoms with van der Waals surface area (Å²) in [4.78, 5) is 22.6. The van der Waals surface area contributed by atoms with Crippen molar-refractivity contribution in [2.45, 2.75) is 13.0 Å². The largest absolute Gasteiger partial charge is 0.397 e. The number of benzene rings is 1. The molecule has 0 saturated heterocycles. The number of anilines is 2. The molecule has 1 atom stereocenters. The highest BCUT2D eigenvalue weighted by Crippen LogP contribution is 2.23. The quantitative estimate of drug-likeness (QED) is 0.548. The number of nitrogens with two attached hydrogens (primary N) is 2. The van der Waals surface area contributed by atoms with Crippen molar-refractivity contribution in [3.8, 4) is 0 Å². The minimum absolute atomic E-state index is 0.205. The first kappa shape index (κ1) is 12.8. The average Bonchev–Trinajstić information content (AvgIpc) is 2.30. The van der Waals surface area contributed by atoms with E-state index in [1.165, 1.54) is 7.05 Å². The van der Waals surface area contributed by atoms with Gasteiger partial charge in [0.05, 0.1) is 16.9 Å². The molecule has 0 aliphatic rings. The Balaban J connectivity index is 3.05. The molecule has 6 N–H and O–H groups in total. The fraction of sp³-hybridized carbons (Fsp3) is 0.273. The highest BCUT2D eigenvalue weighted by atomic mass is 16.2. The summed E-state index contributed by atoms with van der Waals surface area (Å²) in [7, 11) is 1.53. The van der Waals surface area contributed by atoms with Crippen molar-refractivity contribution in [1.29, 1.82) is 0 Å². The van der Waals surface area contributed by atoms with Crippen molar-refractivity contribution in [2.24, 2.45) is 5.73 Å². The van der Waals surface area contributed by atoms with E-state index in [2.05, 4.69) is 10.6 Å². The molecule has 0 heterocycles. The van der Waals surface area contributed by atoms with E-state index in [1.807, 2.05) is 0 Å². The van der Waals surface area contributed by atoms with Gasteiger partial charge in [-0.15, -0.1) is 0 Å². The van der Waals surface area contributed by atoms with E-state index >= 15 is 0 Å². The van der Waals surface area contributed by atoms with Gasteiger partial charge in [-0.1, -0.05) is 6.07 Å². The molecule has 6 nitrogen and oxygen atoms in total. The topological polar surface area (TPSA) is 110 Å². The number of amides is 2. The number of primary amides is 1. The van der Waals surface area contributed by atoms with Crippen LogP contribution < -0.4 is 22.1 Å². The van der Waals surface area contributed by atoms with E-state index in [4.69, 9.17) is 11.5 Å². The molecule has 17 heavy (non-hydrogen) atoms. The lowest BCUT2D eigenvalue weighted by molar-refractivity contribution is -0.121. The van der Waals surface area contributed by atoms with Crippen LogP contribution in [0.15, 0.2) is 18.2 Å². The number of para-hydroxylation sites is 1. The van der Waals surface area contributed by atoms with Gasteiger partial charge in [-0.3, -0.25) is 9.59 Å². The standard InChI is InChI=1S/C11H16N4O2/c1-6(11(17)14-2)15-9-7(10(13)16)4-3-5-8(9)12/h3-6,15H,12H2,1-2H3,(H2,13,16)(H,14,17). The second kappa shape index (κ2) is 5.20. The summed E-state index contributed by atoms with van der Waals surface area (Å²) in [6.45, 7) is 1.66. The number of nitrogen functional groups attached to an aromatic ring is 1. The fourth-order valence-corrected chi connectivity index (χ4v) is 1.44.